The number of nitrogens with one attached hydrogen (secondary N) is 1. The summed E-state index contributed by atoms with van der Waals surface area (Å²) in [5, 5.41) is 18.1. The summed E-state index contributed by atoms with van der Waals surface area (Å²) < 4.78 is 1.56. The highest BCUT2D eigenvalue weighted by atomic mass is 16.4. The Morgan fingerprint density at radius 3 is 2.89 bits per heavy atom. The lowest BCUT2D eigenvalue weighted by molar-refractivity contribution is 0.313. The fraction of sp³-hybridized carbons (Fsp3) is 0.231. The van der Waals surface area contributed by atoms with Crippen LogP contribution in [0.5, 0.6) is 0 Å². The first-order valence-corrected chi connectivity index (χ1v) is 6.11. The van der Waals surface area contributed by atoms with Crippen LogP contribution in [-0.4, -0.2) is 35.4 Å². The molecule has 2 heterocycles. The minimum atomic E-state index is -0.137. The highest BCUT2D eigenvalue weighted by Gasteiger charge is 2.20. The Morgan fingerprint density at radius 1 is 1.21 bits per heavy atom. The normalized spacial score (nSPS) is 18.1. The number of para-hydroxylation sites is 1. The molecule has 0 aliphatic carbocycles. The van der Waals surface area contributed by atoms with Crippen LogP contribution >= 0.6 is 0 Å². The Morgan fingerprint density at radius 2 is 2.05 bits per heavy atom. The van der Waals surface area contributed by atoms with Gasteiger partial charge in [0.25, 0.3) is 5.56 Å². The largest absolute Gasteiger partial charge is 0.409 e. The van der Waals surface area contributed by atoms with Gasteiger partial charge in [-0.05, 0) is 12.1 Å². The molecule has 1 aromatic carbocycles. The van der Waals surface area contributed by atoms with E-state index in [9.17, 15) is 4.79 Å². The van der Waals surface area contributed by atoms with Crippen molar-refractivity contribution in [3.63, 3.8) is 0 Å². The number of amidine groups is 1. The molecule has 98 valence electrons. The average Bonchev–Trinajstić information content (AvgIpc) is 2.47. The number of piperazine rings is 1. The Hall–Kier alpha value is -2.34. The molecule has 0 saturated carbocycles. The molecule has 6 nitrogen and oxygen atoms in total. The monoisotopic (exact) mass is 258 g/mol. The Kier molecular flexibility index (Phi) is 2.92. The van der Waals surface area contributed by atoms with Gasteiger partial charge in [0.1, 0.15) is 0 Å². The zero-order valence-electron chi connectivity index (χ0n) is 10.3. The van der Waals surface area contributed by atoms with E-state index in [0.29, 0.717) is 18.9 Å². The zero-order valence-corrected chi connectivity index (χ0v) is 10.3. The van der Waals surface area contributed by atoms with E-state index in [4.69, 9.17) is 5.21 Å². The van der Waals surface area contributed by atoms with Gasteiger partial charge in [-0.15, -0.1) is 0 Å². The van der Waals surface area contributed by atoms with Crippen molar-refractivity contribution in [2.24, 2.45) is 5.16 Å². The van der Waals surface area contributed by atoms with E-state index < -0.39 is 0 Å². The molecule has 1 aliphatic heterocycles. The summed E-state index contributed by atoms with van der Waals surface area (Å²) in [6.07, 6.45) is 0. The Balaban J connectivity index is 2.23. The maximum absolute atomic E-state index is 12.2. The molecular formula is C13H14N4O2. The third kappa shape index (κ3) is 1.96. The van der Waals surface area contributed by atoms with Gasteiger partial charge in [-0.3, -0.25) is 9.80 Å². The van der Waals surface area contributed by atoms with Crippen molar-refractivity contribution in [3.8, 4) is 0 Å². The van der Waals surface area contributed by atoms with Crippen molar-refractivity contribution in [3.05, 3.63) is 46.8 Å². The number of rotatable bonds is 1. The van der Waals surface area contributed by atoms with Crippen LogP contribution in [0, 0.1) is 0 Å². The van der Waals surface area contributed by atoms with Crippen molar-refractivity contribution in [2.75, 3.05) is 24.6 Å². The third-order valence-corrected chi connectivity index (χ3v) is 3.22. The van der Waals surface area contributed by atoms with Crippen LogP contribution in [0.1, 0.15) is 0 Å². The zero-order chi connectivity index (χ0) is 13.2. The predicted octanol–water partition coefficient (Wildman–Crippen LogP) is 0.330. The highest BCUT2D eigenvalue weighted by Crippen LogP contribution is 2.12. The van der Waals surface area contributed by atoms with Gasteiger partial charge in [0, 0.05) is 18.0 Å². The number of oxime groups is 1. The van der Waals surface area contributed by atoms with E-state index in [0.717, 1.165) is 17.4 Å². The molecule has 0 atom stereocenters. The molecule has 0 spiro atoms. The van der Waals surface area contributed by atoms with Crippen LogP contribution in [0.3, 0.4) is 0 Å². The quantitative estimate of drug-likeness (QED) is 0.571. The molecular weight excluding hydrogens is 244 g/mol. The molecule has 1 fully saturated rings. The second kappa shape index (κ2) is 4.74. The summed E-state index contributed by atoms with van der Waals surface area (Å²) in [5.41, 5.74) is 0.666. The first-order valence-electron chi connectivity index (χ1n) is 6.11. The standard InChI is InChI=1S/C13H14N4O2/c18-13-6-5-10-3-1-2-4-11(10)17(13)16-8-7-14-9-12(16)15-19/h1-6,14,19H,7-9H2. The van der Waals surface area contributed by atoms with Crippen molar-refractivity contribution < 1.29 is 5.21 Å². The summed E-state index contributed by atoms with van der Waals surface area (Å²) >= 11 is 0. The third-order valence-electron chi connectivity index (χ3n) is 3.22. The van der Waals surface area contributed by atoms with Crippen LogP contribution in [0.2, 0.25) is 0 Å². The lowest BCUT2D eigenvalue weighted by Gasteiger charge is -2.31. The molecule has 2 N–H and O–H groups in total. The van der Waals surface area contributed by atoms with Gasteiger partial charge in [0.15, 0.2) is 5.84 Å². The molecule has 1 aliphatic rings. The van der Waals surface area contributed by atoms with Gasteiger partial charge in [0.2, 0.25) is 0 Å². The second-order valence-corrected chi connectivity index (χ2v) is 4.36. The second-order valence-electron chi connectivity index (χ2n) is 4.36. The minimum Gasteiger partial charge on any atom is -0.409 e. The maximum atomic E-state index is 12.2. The molecule has 0 amide bonds. The number of benzene rings is 1. The molecule has 0 bridgehead atoms. The van der Waals surface area contributed by atoms with Gasteiger partial charge in [-0.2, -0.15) is 0 Å². The van der Waals surface area contributed by atoms with Gasteiger partial charge < -0.3 is 10.5 Å². The summed E-state index contributed by atoms with van der Waals surface area (Å²) in [6.45, 7) is 1.74. The van der Waals surface area contributed by atoms with Crippen molar-refractivity contribution >= 4 is 16.7 Å². The molecule has 6 heteroatoms. The number of aromatic nitrogens is 1. The summed E-state index contributed by atoms with van der Waals surface area (Å²) in [5.74, 6) is 0.435. The van der Waals surface area contributed by atoms with Crippen LogP contribution in [0.15, 0.2) is 46.3 Å². The minimum absolute atomic E-state index is 0.137. The van der Waals surface area contributed by atoms with Crippen LogP contribution in [-0.2, 0) is 0 Å². The van der Waals surface area contributed by atoms with E-state index in [1.54, 1.807) is 15.8 Å². The number of hydrogen-bond acceptors (Lipinski definition) is 4. The molecule has 19 heavy (non-hydrogen) atoms. The lowest BCUT2D eigenvalue weighted by atomic mass is 10.2. The van der Waals surface area contributed by atoms with E-state index in [2.05, 4.69) is 10.5 Å². The summed E-state index contributed by atoms with van der Waals surface area (Å²) in [4.78, 5) is 12.2. The lowest BCUT2D eigenvalue weighted by Crippen LogP contribution is -2.56. The van der Waals surface area contributed by atoms with Crippen LogP contribution < -0.4 is 15.9 Å². The van der Waals surface area contributed by atoms with Crippen LogP contribution in [0.4, 0.5) is 0 Å². The molecule has 1 saturated heterocycles. The van der Waals surface area contributed by atoms with E-state index >= 15 is 0 Å². The summed E-state index contributed by atoms with van der Waals surface area (Å²) in [7, 11) is 0. The predicted molar refractivity (Wildman–Crippen MR) is 73.4 cm³/mol. The molecule has 1 aromatic heterocycles. The van der Waals surface area contributed by atoms with E-state index in [1.807, 2.05) is 24.3 Å². The van der Waals surface area contributed by atoms with Crippen molar-refractivity contribution in [1.82, 2.24) is 9.99 Å². The summed E-state index contributed by atoms with van der Waals surface area (Å²) in [6, 6.07) is 11.0. The SMILES string of the molecule is O=c1ccc2ccccc2n1N1CCNCC1=NO. The highest BCUT2D eigenvalue weighted by molar-refractivity contribution is 5.95. The van der Waals surface area contributed by atoms with Crippen molar-refractivity contribution in [1.29, 1.82) is 0 Å². The Labute approximate surface area is 109 Å². The topological polar surface area (TPSA) is 69.9 Å². The number of fused-ring (bicyclic) bond motifs is 1. The van der Waals surface area contributed by atoms with E-state index in [-0.39, 0.29) is 5.56 Å². The van der Waals surface area contributed by atoms with Gasteiger partial charge in [-0.1, -0.05) is 23.4 Å². The van der Waals surface area contributed by atoms with Crippen molar-refractivity contribution in [2.45, 2.75) is 0 Å². The molecule has 0 unspecified atom stereocenters. The fourth-order valence-corrected chi connectivity index (χ4v) is 2.33. The molecule has 0 radical (unpaired) electrons. The van der Waals surface area contributed by atoms with Gasteiger partial charge in [-0.25, -0.2) is 4.68 Å². The smallest absolute Gasteiger partial charge is 0.269 e. The average molecular weight is 258 g/mol. The maximum Gasteiger partial charge on any atom is 0.269 e. The number of nitrogens with zero attached hydrogens (tertiary/aromatic N) is 3. The fourth-order valence-electron chi connectivity index (χ4n) is 2.33. The number of pyridine rings is 1. The van der Waals surface area contributed by atoms with E-state index in [1.165, 1.54) is 6.07 Å². The van der Waals surface area contributed by atoms with Gasteiger partial charge >= 0.3 is 0 Å². The first kappa shape index (κ1) is 11.7. The Bertz CT molecular complexity index is 692. The molecule has 3 rings (SSSR count). The molecule has 2 aromatic rings. The van der Waals surface area contributed by atoms with Crippen LogP contribution in [0.25, 0.3) is 10.9 Å². The first-order chi connectivity index (χ1) is 9.31. The number of hydrogen-bond donors (Lipinski definition) is 2. The van der Waals surface area contributed by atoms with Gasteiger partial charge in [0.05, 0.1) is 18.6 Å².